The third-order valence-electron chi connectivity index (χ3n) is 6.57. The molecule has 1 N–H and O–H groups in total. The number of morpholine rings is 1. The van der Waals surface area contributed by atoms with Crippen LogP contribution in [0.5, 0.6) is 0 Å². The van der Waals surface area contributed by atoms with E-state index in [0.29, 0.717) is 50.8 Å². The van der Waals surface area contributed by atoms with E-state index < -0.39 is 27.8 Å². The van der Waals surface area contributed by atoms with Crippen molar-refractivity contribution in [2.24, 2.45) is 0 Å². The summed E-state index contributed by atoms with van der Waals surface area (Å²) in [5.41, 5.74) is 2.24. The Morgan fingerprint density at radius 2 is 1.76 bits per heavy atom. The second-order valence-corrected chi connectivity index (χ2v) is 11.9. The smallest absolute Gasteiger partial charge is 0.243 e. The predicted octanol–water partition coefficient (Wildman–Crippen LogP) is 3.35. The second-order valence-electron chi connectivity index (χ2n) is 9.10. The fraction of sp³-hybridized carbons (Fsp3) is 0.346. The van der Waals surface area contributed by atoms with Gasteiger partial charge >= 0.3 is 0 Å². The van der Waals surface area contributed by atoms with E-state index in [2.05, 4.69) is 21.2 Å². The summed E-state index contributed by atoms with van der Waals surface area (Å²) >= 11 is 3.45. The highest BCUT2D eigenvalue weighted by atomic mass is 79.9. The minimum atomic E-state index is -3.94. The van der Waals surface area contributed by atoms with Crippen molar-refractivity contribution in [1.29, 1.82) is 0 Å². The predicted molar refractivity (Wildman–Crippen MR) is 143 cm³/mol. The van der Waals surface area contributed by atoms with Crippen LogP contribution in [0, 0.1) is 5.82 Å². The molecule has 0 aliphatic carbocycles. The molecule has 0 saturated carbocycles. The zero-order valence-corrected chi connectivity index (χ0v) is 22.9. The van der Waals surface area contributed by atoms with E-state index >= 15 is 0 Å². The summed E-state index contributed by atoms with van der Waals surface area (Å²) in [5.74, 6) is -0.368. The van der Waals surface area contributed by atoms with E-state index in [4.69, 9.17) is 14.7 Å². The molecule has 200 valence electrons. The molecule has 9 nitrogen and oxygen atoms in total. The van der Waals surface area contributed by atoms with Gasteiger partial charge in [-0.1, -0.05) is 28.1 Å². The summed E-state index contributed by atoms with van der Waals surface area (Å²) < 4.78 is 47.3. The number of nitrogens with zero attached hydrogens (tertiary/aromatic N) is 4. The van der Waals surface area contributed by atoms with E-state index in [1.807, 2.05) is 35.2 Å². The van der Waals surface area contributed by atoms with E-state index in [0.717, 1.165) is 27.9 Å². The number of ether oxygens (including phenoxy) is 1. The molecule has 3 heterocycles. The third kappa shape index (κ3) is 5.88. The molecule has 38 heavy (non-hydrogen) atoms. The molecule has 0 radical (unpaired) electrons. The van der Waals surface area contributed by atoms with E-state index in [9.17, 15) is 17.6 Å². The minimum Gasteiger partial charge on any atom is -0.378 e. The van der Waals surface area contributed by atoms with Gasteiger partial charge < -0.3 is 15.0 Å². The normalized spacial score (nSPS) is 18.5. The van der Waals surface area contributed by atoms with E-state index in [1.54, 1.807) is 0 Å². The highest BCUT2D eigenvalue weighted by Gasteiger charge is 2.39. The molecule has 5 rings (SSSR count). The highest BCUT2D eigenvalue weighted by Crippen LogP contribution is 2.27. The molecule has 12 heteroatoms. The molecule has 2 fully saturated rings. The molecule has 0 unspecified atom stereocenters. The number of sulfonamides is 1. The van der Waals surface area contributed by atoms with Gasteiger partial charge in [-0.05, 0) is 55.3 Å². The van der Waals surface area contributed by atoms with Crippen molar-refractivity contribution in [2.75, 3.05) is 37.7 Å². The van der Waals surface area contributed by atoms with Crippen LogP contribution in [0.25, 0.3) is 11.3 Å². The van der Waals surface area contributed by atoms with Gasteiger partial charge in [-0.2, -0.15) is 4.31 Å². The first kappa shape index (κ1) is 26.7. The van der Waals surface area contributed by atoms with Crippen LogP contribution in [-0.4, -0.2) is 67.5 Å². The fourth-order valence-electron chi connectivity index (χ4n) is 4.57. The Morgan fingerprint density at radius 3 is 2.47 bits per heavy atom. The Morgan fingerprint density at radius 1 is 1.05 bits per heavy atom. The van der Waals surface area contributed by atoms with Crippen molar-refractivity contribution in [1.82, 2.24) is 19.6 Å². The van der Waals surface area contributed by atoms with Gasteiger partial charge in [0.05, 0.1) is 36.0 Å². The van der Waals surface area contributed by atoms with Gasteiger partial charge in [0.1, 0.15) is 11.9 Å². The van der Waals surface area contributed by atoms with Crippen LogP contribution in [0.3, 0.4) is 0 Å². The lowest BCUT2D eigenvalue weighted by Gasteiger charge is -2.27. The number of benzene rings is 2. The van der Waals surface area contributed by atoms with Crippen molar-refractivity contribution in [3.8, 4) is 11.3 Å². The average Bonchev–Trinajstić information content (AvgIpc) is 3.44. The maximum atomic E-state index is 13.3. The molecule has 2 saturated heterocycles. The summed E-state index contributed by atoms with van der Waals surface area (Å²) in [4.78, 5) is 24.6. The average molecular weight is 605 g/mol. The number of rotatable bonds is 7. The first-order chi connectivity index (χ1) is 18.3. The van der Waals surface area contributed by atoms with Gasteiger partial charge in [0.25, 0.3) is 0 Å². The molecule has 0 bridgehead atoms. The molecule has 2 aliphatic heterocycles. The Hall–Kier alpha value is -2.93. The molecule has 2 aliphatic rings. The minimum absolute atomic E-state index is 0.0382. The van der Waals surface area contributed by atoms with Crippen LogP contribution in [0.1, 0.15) is 18.5 Å². The molecule has 1 amide bonds. The molecular weight excluding hydrogens is 577 g/mol. The third-order valence-corrected chi connectivity index (χ3v) is 9.02. The monoisotopic (exact) mass is 603 g/mol. The topological polar surface area (TPSA) is 105 Å². The number of carbonyl (C=O) groups is 1. The van der Waals surface area contributed by atoms with Crippen LogP contribution in [0.15, 0.2) is 64.0 Å². The lowest BCUT2D eigenvalue weighted by Crippen LogP contribution is -2.45. The quantitative estimate of drug-likeness (QED) is 0.441. The Kier molecular flexibility index (Phi) is 8.03. The van der Waals surface area contributed by atoms with Crippen molar-refractivity contribution in [3.63, 3.8) is 0 Å². The Labute approximate surface area is 229 Å². The Balaban J connectivity index is 1.35. The number of carbonyl (C=O) groups excluding carboxylic acids is 1. The number of aromatic nitrogens is 2. The molecular formula is C26H27BrFN5O4S. The first-order valence-electron chi connectivity index (χ1n) is 12.3. The van der Waals surface area contributed by atoms with Gasteiger partial charge in [-0.15, -0.1) is 0 Å². The van der Waals surface area contributed by atoms with Gasteiger partial charge in [0, 0.05) is 29.7 Å². The van der Waals surface area contributed by atoms with Crippen LogP contribution in [-0.2, 0) is 26.1 Å². The second kappa shape index (κ2) is 11.4. The maximum absolute atomic E-state index is 13.3. The largest absolute Gasteiger partial charge is 0.378 e. The zero-order valence-electron chi connectivity index (χ0n) is 20.5. The summed E-state index contributed by atoms with van der Waals surface area (Å²) in [5, 5.41) is 2.88. The van der Waals surface area contributed by atoms with Crippen molar-refractivity contribution in [3.05, 3.63) is 70.6 Å². The van der Waals surface area contributed by atoms with Crippen LogP contribution in [0.4, 0.5) is 10.3 Å². The van der Waals surface area contributed by atoms with Gasteiger partial charge in [-0.25, -0.2) is 22.8 Å². The molecule has 1 atom stereocenters. The highest BCUT2D eigenvalue weighted by molar-refractivity contribution is 9.10. The van der Waals surface area contributed by atoms with Crippen LogP contribution in [0.2, 0.25) is 0 Å². The molecule has 0 spiro atoms. The summed E-state index contributed by atoms with van der Waals surface area (Å²) in [6, 6.07) is 13.4. The van der Waals surface area contributed by atoms with E-state index in [-0.39, 0.29) is 18.0 Å². The van der Waals surface area contributed by atoms with E-state index in [1.165, 1.54) is 16.4 Å². The molecule has 1 aromatic heterocycles. The molecule has 3 aromatic rings. The van der Waals surface area contributed by atoms with Gasteiger partial charge in [0.15, 0.2) is 0 Å². The summed E-state index contributed by atoms with van der Waals surface area (Å²) in [7, 11) is -3.94. The summed E-state index contributed by atoms with van der Waals surface area (Å²) in [6.45, 7) is 2.82. The van der Waals surface area contributed by atoms with Crippen LogP contribution >= 0.6 is 15.9 Å². The Bertz CT molecular complexity index is 1400. The molecule has 2 aromatic carbocycles. The SMILES string of the molecule is O=C(NCc1cc(-c2ccc(Br)cc2)nc(N2CCOCC2)n1)[C@@H]1CCCN1S(=O)(=O)c1ccc(F)cc1. The number of hydrogen-bond donors (Lipinski definition) is 1. The maximum Gasteiger partial charge on any atom is 0.243 e. The number of amides is 1. The van der Waals surface area contributed by atoms with Crippen LogP contribution < -0.4 is 10.2 Å². The van der Waals surface area contributed by atoms with Gasteiger partial charge in [-0.3, -0.25) is 4.79 Å². The number of nitrogens with one attached hydrogen (secondary N) is 1. The van der Waals surface area contributed by atoms with Crippen molar-refractivity contribution in [2.45, 2.75) is 30.3 Å². The number of halogens is 2. The van der Waals surface area contributed by atoms with Crippen molar-refractivity contribution >= 4 is 37.8 Å². The lowest BCUT2D eigenvalue weighted by atomic mass is 10.1. The summed E-state index contributed by atoms with van der Waals surface area (Å²) in [6.07, 6.45) is 0.958. The zero-order chi connectivity index (χ0) is 26.7. The first-order valence-corrected chi connectivity index (χ1v) is 14.6. The number of hydrogen-bond acceptors (Lipinski definition) is 7. The van der Waals surface area contributed by atoms with Gasteiger partial charge in [0.2, 0.25) is 21.9 Å². The standard InChI is InChI=1S/C26H27BrFN5O4S/c27-19-5-3-18(4-6-19)23-16-21(30-26(31-23)32-12-14-37-15-13-32)17-29-25(34)24-2-1-11-33(24)38(35,36)22-9-7-20(28)8-10-22/h3-10,16,24H,1-2,11-15,17H2,(H,29,34)/t24-/m0/s1. The van der Waals surface area contributed by atoms with Crippen molar-refractivity contribution < 1.29 is 22.3 Å². The number of anilines is 1. The fourth-order valence-corrected chi connectivity index (χ4v) is 6.50. The lowest BCUT2D eigenvalue weighted by molar-refractivity contribution is -0.124.